The number of hydrogen-bond acceptors (Lipinski definition) is 3. The summed E-state index contributed by atoms with van der Waals surface area (Å²) < 4.78 is 0. The Bertz CT molecular complexity index is 192. The third-order valence-corrected chi connectivity index (χ3v) is 2.41. The van der Waals surface area contributed by atoms with Crippen LogP contribution in [0, 0.1) is 27.9 Å². The molecular formula is C10H19NO3. The van der Waals surface area contributed by atoms with E-state index in [2.05, 4.69) is 0 Å². The average molecular weight is 201 g/mol. The Balaban J connectivity index is 4.35. The number of hydrogen-bond donors (Lipinski definition) is 0. The normalized spacial score (nSPS) is 15.1. The third kappa shape index (κ3) is 4.94. The molecule has 0 unspecified atom stereocenters. The van der Waals surface area contributed by atoms with E-state index < -0.39 is 0 Å². The first-order valence-electron chi connectivity index (χ1n) is 5.08. The van der Waals surface area contributed by atoms with Crippen LogP contribution in [0.2, 0.25) is 0 Å². The van der Waals surface area contributed by atoms with Crippen LogP contribution >= 0.6 is 0 Å². The van der Waals surface area contributed by atoms with Crippen molar-refractivity contribution in [3.05, 3.63) is 10.1 Å². The Morgan fingerprint density at radius 3 is 2.29 bits per heavy atom. The van der Waals surface area contributed by atoms with E-state index in [1.165, 1.54) is 0 Å². The average Bonchev–Trinajstić information content (AvgIpc) is 2.03. The van der Waals surface area contributed by atoms with E-state index in [-0.39, 0.29) is 23.3 Å². The van der Waals surface area contributed by atoms with Crippen LogP contribution in [-0.2, 0) is 4.79 Å². The molecule has 0 saturated carbocycles. The van der Waals surface area contributed by atoms with Gasteiger partial charge in [0.15, 0.2) is 0 Å². The summed E-state index contributed by atoms with van der Waals surface area (Å²) in [6.07, 6.45) is 2.30. The van der Waals surface area contributed by atoms with Crippen molar-refractivity contribution >= 4 is 6.29 Å². The number of carbonyl (C=O) groups excluding carboxylic acids is 1. The molecule has 0 saturated heterocycles. The molecule has 0 N–H and O–H groups in total. The molecule has 0 fully saturated rings. The molecule has 0 radical (unpaired) electrons. The molecule has 0 aliphatic carbocycles. The van der Waals surface area contributed by atoms with Gasteiger partial charge in [-0.3, -0.25) is 10.1 Å². The molecule has 0 aromatic heterocycles. The van der Waals surface area contributed by atoms with E-state index in [9.17, 15) is 14.9 Å². The van der Waals surface area contributed by atoms with Crippen LogP contribution in [0.3, 0.4) is 0 Å². The van der Waals surface area contributed by atoms with Gasteiger partial charge in [0.25, 0.3) is 0 Å². The largest absolute Gasteiger partial charge is 0.303 e. The number of rotatable bonds is 7. The number of nitrogens with zero attached hydrogens (tertiary/aromatic N) is 1. The van der Waals surface area contributed by atoms with Gasteiger partial charge in [0, 0.05) is 16.8 Å². The zero-order chi connectivity index (χ0) is 11.1. The summed E-state index contributed by atoms with van der Waals surface area (Å²) >= 11 is 0. The van der Waals surface area contributed by atoms with E-state index >= 15 is 0 Å². The van der Waals surface area contributed by atoms with Crippen LogP contribution in [0.5, 0.6) is 0 Å². The molecule has 2 atom stereocenters. The maximum Gasteiger partial charge on any atom is 0.207 e. The minimum absolute atomic E-state index is 0.0879. The molecule has 0 aliphatic heterocycles. The lowest BCUT2D eigenvalue weighted by Gasteiger charge is -2.19. The molecule has 0 bridgehead atoms. The van der Waals surface area contributed by atoms with Crippen molar-refractivity contribution in [2.45, 2.75) is 33.6 Å². The fourth-order valence-electron chi connectivity index (χ4n) is 1.72. The molecule has 0 aliphatic rings. The zero-order valence-electron chi connectivity index (χ0n) is 9.10. The lowest BCUT2D eigenvalue weighted by Crippen LogP contribution is -2.25. The zero-order valence-corrected chi connectivity index (χ0v) is 9.10. The molecular weight excluding hydrogens is 182 g/mol. The third-order valence-electron chi connectivity index (χ3n) is 2.41. The Kier molecular flexibility index (Phi) is 6.08. The lowest BCUT2D eigenvalue weighted by molar-refractivity contribution is -0.489. The summed E-state index contributed by atoms with van der Waals surface area (Å²) in [5.74, 6) is 0.129. The van der Waals surface area contributed by atoms with Gasteiger partial charge in [-0.2, -0.15) is 0 Å². The Hall–Kier alpha value is -0.930. The predicted octanol–water partition coefficient (Wildman–Crippen LogP) is 2.15. The van der Waals surface area contributed by atoms with Gasteiger partial charge in [-0.25, -0.2) is 0 Å². The maximum absolute atomic E-state index is 10.7. The molecule has 0 spiro atoms. The van der Waals surface area contributed by atoms with Gasteiger partial charge < -0.3 is 4.79 Å². The van der Waals surface area contributed by atoms with Crippen molar-refractivity contribution in [1.82, 2.24) is 0 Å². The fourth-order valence-corrected chi connectivity index (χ4v) is 1.72. The van der Waals surface area contributed by atoms with E-state index in [4.69, 9.17) is 0 Å². The molecule has 4 heteroatoms. The van der Waals surface area contributed by atoms with Gasteiger partial charge in [0.1, 0.15) is 6.29 Å². The van der Waals surface area contributed by atoms with E-state index in [1.807, 2.05) is 20.8 Å². The topological polar surface area (TPSA) is 60.2 Å². The van der Waals surface area contributed by atoms with Crippen molar-refractivity contribution in [2.24, 2.45) is 17.8 Å². The SMILES string of the molecule is CC[C@@H](C=O)[C@@H](CC(C)C)C[N+](=O)[O-]. The summed E-state index contributed by atoms with van der Waals surface area (Å²) in [5.41, 5.74) is 0. The summed E-state index contributed by atoms with van der Waals surface area (Å²) in [5, 5.41) is 10.4. The van der Waals surface area contributed by atoms with Gasteiger partial charge in [0.2, 0.25) is 6.54 Å². The predicted molar refractivity (Wildman–Crippen MR) is 54.7 cm³/mol. The minimum atomic E-state index is -0.320. The summed E-state index contributed by atoms with van der Waals surface area (Å²) in [7, 11) is 0. The fraction of sp³-hybridized carbons (Fsp3) is 0.900. The first-order chi connectivity index (χ1) is 6.51. The van der Waals surface area contributed by atoms with Crippen molar-refractivity contribution in [2.75, 3.05) is 6.54 Å². The van der Waals surface area contributed by atoms with Crippen LogP contribution in [0.4, 0.5) is 0 Å². The lowest BCUT2D eigenvalue weighted by atomic mass is 9.85. The van der Waals surface area contributed by atoms with Crippen molar-refractivity contribution in [3.63, 3.8) is 0 Å². The second-order valence-corrected chi connectivity index (χ2v) is 4.11. The Labute approximate surface area is 84.8 Å². The molecule has 4 nitrogen and oxygen atoms in total. The smallest absolute Gasteiger partial charge is 0.207 e. The minimum Gasteiger partial charge on any atom is -0.303 e. The summed E-state index contributed by atoms with van der Waals surface area (Å²) in [4.78, 5) is 20.8. The van der Waals surface area contributed by atoms with Crippen LogP contribution in [-0.4, -0.2) is 17.8 Å². The van der Waals surface area contributed by atoms with E-state index in [1.54, 1.807) is 0 Å². The Morgan fingerprint density at radius 2 is 2.00 bits per heavy atom. The molecule has 14 heavy (non-hydrogen) atoms. The maximum atomic E-state index is 10.7. The van der Waals surface area contributed by atoms with Gasteiger partial charge >= 0.3 is 0 Å². The van der Waals surface area contributed by atoms with Gasteiger partial charge in [-0.1, -0.05) is 20.8 Å². The Morgan fingerprint density at radius 1 is 1.43 bits per heavy atom. The van der Waals surface area contributed by atoms with E-state index in [0.29, 0.717) is 12.3 Å². The van der Waals surface area contributed by atoms with Crippen LogP contribution < -0.4 is 0 Å². The van der Waals surface area contributed by atoms with Gasteiger partial charge in [-0.15, -0.1) is 0 Å². The van der Waals surface area contributed by atoms with Crippen molar-refractivity contribution < 1.29 is 9.72 Å². The van der Waals surface area contributed by atoms with Crippen molar-refractivity contribution in [3.8, 4) is 0 Å². The molecule has 0 aromatic carbocycles. The molecule has 0 aromatic rings. The monoisotopic (exact) mass is 201 g/mol. The highest BCUT2D eigenvalue weighted by atomic mass is 16.6. The first-order valence-corrected chi connectivity index (χ1v) is 5.08. The number of nitro groups is 1. The van der Waals surface area contributed by atoms with Crippen molar-refractivity contribution in [1.29, 1.82) is 0 Å². The molecule has 0 amide bonds. The van der Waals surface area contributed by atoms with Crippen LogP contribution in [0.1, 0.15) is 33.6 Å². The summed E-state index contributed by atoms with van der Waals surface area (Å²) in [6.45, 7) is 5.84. The second-order valence-electron chi connectivity index (χ2n) is 4.11. The first kappa shape index (κ1) is 13.1. The molecule has 0 heterocycles. The van der Waals surface area contributed by atoms with Crippen LogP contribution in [0.15, 0.2) is 0 Å². The quantitative estimate of drug-likeness (QED) is 0.360. The second kappa shape index (κ2) is 6.51. The highest BCUT2D eigenvalue weighted by molar-refractivity contribution is 5.53. The van der Waals surface area contributed by atoms with Gasteiger partial charge in [-0.05, 0) is 18.8 Å². The number of aldehydes is 1. The van der Waals surface area contributed by atoms with Gasteiger partial charge in [0.05, 0.1) is 0 Å². The highest BCUT2D eigenvalue weighted by Crippen LogP contribution is 2.22. The highest BCUT2D eigenvalue weighted by Gasteiger charge is 2.25. The number of carbonyl (C=O) groups is 1. The molecule has 82 valence electrons. The summed E-state index contributed by atoms with van der Waals surface area (Å²) in [6, 6.07) is 0. The van der Waals surface area contributed by atoms with E-state index in [0.717, 1.165) is 12.7 Å². The van der Waals surface area contributed by atoms with Crippen LogP contribution in [0.25, 0.3) is 0 Å². The standard InChI is InChI=1S/C10H19NO3/c1-4-9(7-12)10(5-8(2)3)6-11(13)14/h7-10H,4-6H2,1-3H3/t9-,10-/m0/s1. The molecule has 0 rings (SSSR count).